The van der Waals surface area contributed by atoms with Crippen molar-refractivity contribution in [3.63, 3.8) is 0 Å². The van der Waals surface area contributed by atoms with Crippen molar-refractivity contribution >= 4 is 11.3 Å². The van der Waals surface area contributed by atoms with Crippen LogP contribution in [0.1, 0.15) is 50.0 Å². The Morgan fingerprint density at radius 2 is 1.63 bits per heavy atom. The zero-order chi connectivity index (χ0) is 14.2. The molecule has 19 heavy (non-hydrogen) atoms. The van der Waals surface area contributed by atoms with E-state index in [-0.39, 0.29) is 5.92 Å². The standard InChI is InChI=1S/C15H17F2NS/c1-8(2)10-5-12(16)13(17)6-11(10)15-18-7-14(19-15)9(3)4/h5-9H,1-4H3. The molecule has 2 aromatic rings. The normalized spacial score (nSPS) is 11.6. The third-order valence-corrected chi connectivity index (χ3v) is 4.37. The van der Waals surface area contributed by atoms with Gasteiger partial charge in [0.25, 0.3) is 0 Å². The van der Waals surface area contributed by atoms with Gasteiger partial charge in [-0.05, 0) is 29.5 Å². The largest absolute Gasteiger partial charge is 0.244 e. The van der Waals surface area contributed by atoms with Gasteiger partial charge in [0.1, 0.15) is 5.01 Å². The number of halogens is 2. The van der Waals surface area contributed by atoms with Crippen molar-refractivity contribution in [3.05, 3.63) is 40.4 Å². The molecule has 1 heterocycles. The van der Waals surface area contributed by atoms with Crippen molar-refractivity contribution in [2.24, 2.45) is 0 Å². The molecule has 1 nitrogen and oxygen atoms in total. The number of benzene rings is 1. The quantitative estimate of drug-likeness (QED) is 0.740. The van der Waals surface area contributed by atoms with Crippen LogP contribution in [-0.2, 0) is 0 Å². The fraction of sp³-hybridized carbons (Fsp3) is 0.400. The van der Waals surface area contributed by atoms with Crippen molar-refractivity contribution in [2.75, 3.05) is 0 Å². The molecule has 1 aromatic heterocycles. The molecule has 0 aliphatic rings. The van der Waals surface area contributed by atoms with Gasteiger partial charge in [0, 0.05) is 16.6 Å². The van der Waals surface area contributed by atoms with E-state index in [4.69, 9.17) is 0 Å². The summed E-state index contributed by atoms with van der Waals surface area (Å²) in [4.78, 5) is 5.50. The minimum Gasteiger partial charge on any atom is -0.244 e. The van der Waals surface area contributed by atoms with E-state index in [0.29, 0.717) is 11.5 Å². The van der Waals surface area contributed by atoms with Crippen LogP contribution in [0.4, 0.5) is 8.78 Å². The highest BCUT2D eigenvalue weighted by Gasteiger charge is 2.17. The summed E-state index contributed by atoms with van der Waals surface area (Å²) in [6.45, 7) is 8.11. The summed E-state index contributed by atoms with van der Waals surface area (Å²) in [6.07, 6.45) is 1.82. The number of rotatable bonds is 3. The Hall–Kier alpha value is -1.29. The van der Waals surface area contributed by atoms with Crippen LogP contribution < -0.4 is 0 Å². The first-order valence-electron chi connectivity index (χ1n) is 6.35. The van der Waals surface area contributed by atoms with Gasteiger partial charge in [-0.25, -0.2) is 13.8 Å². The summed E-state index contributed by atoms with van der Waals surface area (Å²) < 4.78 is 26.9. The smallest absolute Gasteiger partial charge is 0.159 e. The van der Waals surface area contributed by atoms with Crippen molar-refractivity contribution in [2.45, 2.75) is 39.5 Å². The van der Waals surface area contributed by atoms with Crippen LogP contribution in [0.25, 0.3) is 10.6 Å². The summed E-state index contributed by atoms with van der Waals surface area (Å²) in [5.74, 6) is -1.11. The van der Waals surface area contributed by atoms with E-state index in [1.165, 1.54) is 23.5 Å². The van der Waals surface area contributed by atoms with Crippen LogP contribution in [0.2, 0.25) is 0 Å². The van der Waals surface area contributed by atoms with Gasteiger partial charge in [-0.3, -0.25) is 0 Å². The molecule has 0 N–H and O–H groups in total. The minimum atomic E-state index is -0.819. The number of hydrogen-bond donors (Lipinski definition) is 0. The van der Waals surface area contributed by atoms with E-state index < -0.39 is 11.6 Å². The van der Waals surface area contributed by atoms with Gasteiger partial charge in [0.15, 0.2) is 11.6 Å². The number of aromatic nitrogens is 1. The SMILES string of the molecule is CC(C)c1cnc(-c2cc(F)c(F)cc2C(C)C)s1. The maximum absolute atomic E-state index is 13.5. The highest BCUT2D eigenvalue weighted by molar-refractivity contribution is 7.15. The lowest BCUT2D eigenvalue weighted by atomic mass is 9.97. The van der Waals surface area contributed by atoms with E-state index in [1.807, 2.05) is 20.0 Å². The third kappa shape index (κ3) is 2.84. The lowest BCUT2D eigenvalue weighted by Gasteiger charge is -2.11. The Balaban J connectivity index is 2.56. The fourth-order valence-corrected chi connectivity index (χ4v) is 2.86. The molecule has 0 saturated carbocycles. The molecular formula is C15H17F2NS. The van der Waals surface area contributed by atoms with Crippen LogP contribution in [0.5, 0.6) is 0 Å². The Morgan fingerprint density at radius 3 is 2.16 bits per heavy atom. The number of hydrogen-bond acceptors (Lipinski definition) is 2. The minimum absolute atomic E-state index is 0.122. The number of thiazole rings is 1. The van der Waals surface area contributed by atoms with Gasteiger partial charge < -0.3 is 0 Å². The summed E-state index contributed by atoms with van der Waals surface area (Å²) in [5.41, 5.74) is 1.49. The monoisotopic (exact) mass is 281 g/mol. The Morgan fingerprint density at radius 1 is 1.00 bits per heavy atom. The zero-order valence-corrected chi connectivity index (χ0v) is 12.3. The van der Waals surface area contributed by atoms with Crippen LogP contribution in [0.3, 0.4) is 0 Å². The molecule has 1 aromatic carbocycles. The van der Waals surface area contributed by atoms with E-state index in [2.05, 4.69) is 18.8 Å². The average Bonchev–Trinajstić information content (AvgIpc) is 2.81. The predicted molar refractivity (Wildman–Crippen MR) is 75.6 cm³/mol. The Bertz CT molecular complexity index is 588. The molecular weight excluding hydrogens is 264 g/mol. The van der Waals surface area contributed by atoms with Crippen molar-refractivity contribution in [3.8, 4) is 10.6 Å². The van der Waals surface area contributed by atoms with E-state index in [9.17, 15) is 8.78 Å². The number of nitrogens with zero attached hydrogens (tertiary/aromatic N) is 1. The van der Waals surface area contributed by atoms with Crippen LogP contribution in [-0.4, -0.2) is 4.98 Å². The third-order valence-electron chi connectivity index (χ3n) is 3.04. The zero-order valence-electron chi connectivity index (χ0n) is 11.5. The molecule has 0 saturated heterocycles. The second kappa shape index (κ2) is 5.37. The second-order valence-corrected chi connectivity index (χ2v) is 6.29. The fourth-order valence-electron chi connectivity index (χ4n) is 1.90. The van der Waals surface area contributed by atoms with Crippen LogP contribution in [0.15, 0.2) is 18.3 Å². The maximum atomic E-state index is 13.5. The molecule has 0 unspecified atom stereocenters. The van der Waals surface area contributed by atoms with E-state index in [0.717, 1.165) is 15.4 Å². The van der Waals surface area contributed by atoms with Crippen molar-refractivity contribution in [1.29, 1.82) is 0 Å². The lowest BCUT2D eigenvalue weighted by Crippen LogP contribution is -1.96. The first kappa shape index (κ1) is 14.1. The van der Waals surface area contributed by atoms with Crippen LogP contribution in [0, 0.1) is 11.6 Å². The molecule has 2 rings (SSSR count). The molecule has 0 radical (unpaired) electrons. The highest BCUT2D eigenvalue weighted by Crippen LogP contribution is 2.35. The van der Waals surface area contributed by atoms with Crippen LogP contribution >= 0.6 is 11.3 Å². The molecule has 0 bridgehead atoms. The topological polar surface area (TPSA) is 12.9 Å². The summed E-state index contributed by atoms with van der Waals surface area (Å²) in [5, 5.41) is 0.756. The molecule has 0 fully saturated rings. The molecule has 0 amide bonds. The summed E-state index contributed by atoms with van der Waals surface area (Å²) in [6, 6.07) is 2.54. The second-order valence-electron chi connectivity index (χ2n) is 5.23. The molecule has 0 spiro atoms. The van der Waals surface area contributed by atoms with Crippen molar-refractivity contribution < 1.29 is 8.78 Å². The molecule has 0 atom stereocenters. The van der Waals surface area contributed by atoms with E-state index >= 15 is 0 Å². The van der Waals surface area contributed by atoms with Gasteiger partial charge in [-0.15, -0.1) is 11.3 Å². The van der Waals surface area contributed by atoms with Gasteiger partial charge >= 0.3 is 0 Å². The molecule has 102 valence electrons. The van der Waals surface area contributed by atoms with Gasteiger partial charge in [-0.1, -0.05) is 27.7 Å². The van der Waals surface area contributed by atoms with Crippen molar-refractivity contribution in [1.82, 2.24) is 4.98 Å². The van der Waals surface area contributed by atoms with Gasteiger partial charge in [-0.2, -0.15) is 0 Å². The first-order valence-corrected chi connectivity index (χ1v) is 7.16. The Labute approximate surface area is 116 Å². The predicted octanol–water partition coefficient (Wildman–Crippen LogP) is 5.34. The lowest BCUT2D eigenvalue weighted by molar-refractivity contribution is 0.506. The maximum Gasteiger partial charge on any atom is 0.159 e. The average molecular weight is 281 g/mol. The summed E-state index contributed by atoms with van der Waals surface area (Å²) in [7, 11) is 0. The van der Waals surface area contributed by atoms with Gasteiger partial charge in [0.05, 0.1) is 0 Å². The summed E-state index contributed by atoms with van der Waals surface area (Å²) >= 11 is 1.54. The highest BCUT2D eigenvalue weighted by atomic mass is 32.1. The van der Waals surface area contributed by atoms with Gasteiger partial charge in [0.2, 0.25) is 0 Å². The van der Waals surface area contributed by atoms with E-state index in [1.54, 1.807) is 0 Å². The Kier molecular flexibility index (Phi) is 3.99. The molecule has 0 aliphatic carbocycles. The molecule has 4 heteroatoms. The molecule has 0 aliphatic heterocycles. The first-order chi connectivity index (χ1) is 8.90.